The minimum atomic E-state index is -1.85. The van der Waals surface area contributed by atoms with Crippen LogP contribution in [0.3, 0.4) is 0 Å². The van der Waals surface area contributed by atoms with Crippen molar-refractivity contribution in [3.8, 4) is 5.75 Å². The molecular formula is C21H17BrCl2N2O5. The van der Waals surface area contributed by atoms with E-state index in [1.807, 2.05) is 6.08 Å². The number of fused-ring (bicyclic) bond motifs is 4. The quantitative estimate of drug-likeness (QED) is 0.266. The fourth-order valence-corrected chi connectivity index (χ4v) is 7.17. The number of phenolic OH excluding ortho intramolecular Hbond substituents is 1. The lowest BCUT2D eigenvalue weighted by molar-refractivity contribution is -0.138. The lowest BCUT2D eigenvalue weighted by Gasteiger charge is -2.50. The molecule has 4 amide bonds. The first-order valence-corrected chi connectivity index (χ1v) is 11.7. The largest absolute Gasteiger partial charge is 0.508 e. The highest BCUT2D eigenvalue weighted by molar-refractivity contribution is 9.09. The second-order valence-electron chi connectivity index (χ2n) is 8.44. The van der Waals surface area contributed by atoms with Crippen LogP contribution in [-0.2, 0) is 19.2 Å². The molecule has 2 heterocycles. The number of alkyl halides is 3. The summed E-state index contributed by atoms with van der Waals surface area (Å²) in [7, 11) is 0. The van der Waals surface area contributed by atoms with Gasteiger partial charge in [0.25, 0.3) is 11.8 Å². The summed E-state index contributed by atoms with van der Waals surface area (Å²) in [4.78, 5) is 49.0. The number of amides is 4. The van der Waals surface area contributed by atoms with Crippen LogP contribution in [0, 0.1) is 17.8 Å². The standard InChI is InChI=1S/C21H17BrCl2N2O5/c22-8-26-18(30)20(23)7-13-11(4-5-12-14(13)17(29)25-16(12)28)15(21(20,24)19(26)31)9-2-1-3-10(27)6-9/h1-4,6,12-15,27H,5,7-8H2,(H,25,28,29)/t12-,13+,14-,15-,20+,21-/m0/s1. The Morgan fingerprint density at radius 2 is 1.87 bits per heavy atom. The average Bonchev–Trinajstić information content (AvgIpc) is 3.09. The first-order valence-electron chi connectivity index (χ1n) is 9.79. The number of nitrogens with one attached hydrogen (secondary N) is 1. The molecule has 1 saturated carbocycles. The van der Waals surface area contributed by atoms with Crippen LogP contribution in [-0.4, -0.2) is 48.8 Å². The van der Waals surface area contributed by atoms with E-state index in [0.717, 1.165) is 4.90 Å². The molecule has 1 aromatic rings. The molecule has 2 aliphatic carbocycles. The Balaban J connectivity index is 1.76. The summed E-state index contributed by atoms with van der Waals surface area (Å²) in [5.74, 6) is -4.69. The molecule has 6 atom stereocenters. The van der Waals surface area contributed by atoms with Gasteiger partial charge in [0.15, 0.2) is 9.75 Å². The molecule has 3 fully saturated rings. The molecule has 10 heteroatoms. The topological polar surface area (TPSA) is 104 Å². The van der Waals surface area contributed by atoms with Crippen LogP contribution in [0.15, 0.2) is 35.9 Å². The van der Waals surface area contributed by atoms with E-state index in [0.29, 0.717) is 17.6 Å². The van der Waals surface area contributed by atoms with Gasteiger partial charge in [0.2, 0.25) is 11.8 Å². The maximum absolute atomic E-state index is 13.4. The summed E-state index contributed by atoms with van der Waals surface area (Å²) in [5.41, 5.74) is 1.13. The first kappa shape index (κ1) is 21.0. The van der Waals surface area contributed by atoms with Gasteiger partial charge in [-0.1, -0.05) is 39.7 Å². The molecule has 2 aliphatic heterocycles. The van der Waals surface area contributed by atoms with Crippen molar-refractivity contribution in [2.45, 2.75) is 28.5 Å². The molecule has 2 saturated heterocycles. The lowest BCUT2D eigenvalue weighted by atomic mass is 9.56. The van der Waals surface area contributed by atoms with Crippen LogP contribution in [0.1, 0.15) is 24.3 Å². The number of hydrogen-bond donors (Lipinski definition) is 2. The summed E-state index contributed by atoms with van der Waals surface area (Å²) in [5, 5.41) is 12.5. The normalized spacial score (nSPS) is 39.1. The van der Waals surface area contributed by atoms with Crippen molar-refractivity contribution in [1.82, 2.24) is 10.2 Å². The molecular weight excluding hydrogens is 511 g/mol. The number of imide groups is 2. The number of benzene rings is 1. The van der Waals surface area contributed by atoms with Gasteiger partial charge in [-0.05, 0) is 36.5 Å². The number of carbonyl (C=O) groups is 4. The number of halogens is 3. The number of likely N-dealkylation sites (tertiary alicyclic amines) is 1. The minimum absolute atomic E-state index is 0.0303. The van der Waals surface area contributed by atoms with Gasteiger partial charge in [0.1, 0.15) is 5.75 Å². The smallest absolute Gasteiger partial charge is 0.254 e. The fourth-order valence-electron chi connectivity index (χ4n) is 5.74. The average molecular weight is 528 g/mol. The Bertz CT molecular complexity index is 1090. The number of phenols is 1. The van der Waals surface area contributed by atoms with E-state index in [-0.39, 0.29) is 23.5 Å². The van der Waals surface area contributed by atoms with Crippen molar-refractivity contribution >= 4 is 62.8 Å². The van der Waals surface area contributed by atoms with Gasteiger partial charge in [-0.15, -0.1) is 23.2 Å². The van der Waals surface area contributed by atoms with Gasteiger partial charge in [-0.25, -0.2) is 0 Å². The zero-order valence-corrected chi connectivity index (χ0v) is 19.1. The maximum atomic E-state index is 13.4. The van der Waals surface area contributed by atoms with E-state index in [9.17, 15) is 24.3 Å². The van der Waals surface area contributed by atoms with E-state index < -0.39 is 51.1 Å². The van der Waals surface area contributed by atoms with Crippen molar-refractivity contribution in [3.05, 3.63) is 41.5 Å². The Kier molecular flexibility index (Phi) is 4.60. The van der Waals surface area contributed by atoms with Crippen molar-refractivity contribution in [3.63, 3.8) is 0 Å². The zero-order chi connectivity index (χ0) is 22.3. The number of allylic oxidation sites excluding steroid dienone is 2. The monoisotopic (exact) mass is 526 g/mol. The third-order valence-electron chi connectivity index (χ3n) is 7.06. The highest BCUT2D eigenvalue weighted by Gasteiger charge is 2.76. The van der Waals surface area contributed by atoms with E-state index in [1.54, 1.807) is 12.1 Å². The van der Waals surface area contributed by atoms with E-state index in [2.05, 4.69) is 21.2 Å². The molecule has 0 unspecified atom stereocenters. The van der Waals surface area contributed by atoms with Crippen LogP contribution in [0.4, 0.5) is 0 Å². The van der Waals surface area contributed by atoms with Crippen molar-refractivity contribution in [2.75, 3.05) is 5.45 Å². The third kappa shape index (κ3) is 2.52. The lowest BCUT2D eigenvalue weighted by Crippen LogP contribution is -2.60. The molecule has 31 heavy (non-hydrogen) atoms. The summed E-state index contributed by atoms with van der Waals surface area (Å²) in [6.07, 6.45) is 2.11. The molecule has 0 bridgehead atoms. The highest BCUT2D eigenvalue weighted by Crippen LogP contribution is 2.65. The predicted octanol–water partition coefficient (Wildman–Crippen LogP) is 2.39. The van der Waals surface area contributed by atoms with Gasteiger partial charge in [-0.3, -0.25) is 29.4 Å². The summed E-state index contributed by atoms with van der Waals surface area (Å²) in [6.45, 7) is 0. The summed E-state index contributed by atoms with van der Waals surface area (Å²) in [6, 6.07) is 6.29. The predicted molar refractivity (Wildman–Crippen MR) is 115 cm³/mol. The van der Waals surface area contributed by atoms with E-state index in [1.165, 1.54) is 12.1 Å². The third-order valence-corrected chi connectivity index (χ3v) is 8.98. The molecule has 5 rings (SSSR count). The Hall–Kier alpha value is -1.90. The van der Waals surface area contributed by atoms with Crippen LogP contribution in [0.5, 0.6) is 5.75 Å². The Labute approximate surface area is 195 Å². The molecule has 0 aromatic heterocycles. The number of aromatic hydroxyl groups is 1. The Morgan fingerprint density at radius 1 is 1.13 bits per heavy atom. The SMILES string of the molecule is O=C1NC(=O)[C@H]2CC=C3[C@@H](C[C@@]4(Cl)C(=O)N(CBr)C(=O)[C@@]4(Cl)[C@H]3c3cccc(O)c3)[C@@H]12. The Morgan fingerprint density at radius 3 is 2.55 bits per heavy atom. The fraction of sp³-hybridized carbons (Fsp3) is 0.429. The van der Waals surface area contributed by atoms with Gasteiger partial charge >= 0.3 is 0 Å². The van der Waals surface area contributed by atoms with Crippen LogP contribution in [0.25, 0.3) is 0 Å². The molecule has 1 aromatic carbocycles. The van der Waals surface area contributed by atoms with Gasteiger partial charge in [0, 0.05) is 5.92 Å². The molecule has 7 nitrogen and oxygen atoms in total. The van der Waals surface area contributed by atoms with E-state index in [4.69, 9.17) is 23.2 Å². The van der Waals surface area contributed by atoms with Crippen LogP contribution >= 0.6 is 39.1 Å². The van der Waals surface area contributed by atoms with Crippen LogP contribution in [0.2, 0.25) is 0 Å². The van der Waals surface area contributed by atoms with Gasteiger partial charge in [0.05, 0.1) is 17.3 Å². The second-order valence-corrected chi connectivity index (χ2v) is 10.2. The number of rotatable bonds is 2. The molecule has 0 radical (unpaired) electrons. The molecule has 0 spiro atoms. The second kappa shape index (κ2) is 6.80. The highest BCUT2D eigenvalue weighted by atomic mass is 79.9. The summed E-state index contributed by atoms with van der Waals surface area (Å²) < 4.78 is 0. The zero-order valence-electron chi connectivity index (χ0n) is 16.0. The number of carbonyl (C=O) groups excluding carboxylic acids is 4. The molecule has 4 aliphatic rings. The van der Waals surface area contributed by atoms with E-state index >= 15 is 0 Å². The summed E-state index contributed by atoms with van der Waals surface area (Å²) >= 11 is 17.2. The van der Waals surface area contributed by atoms with Crippen molar-refractivity contribution < 1.29 is 24.3 Å². The van der Waals surface area contributed by atoms with Crippen LogP contribution < -0.4 is 5.32 Å². The number of nitrogens with zero attached hydrogens (tertiary/aromatic N) is 1. The number of hydrogen-bond acceptors (Lipinski definition) is 5. The van der Waals surface area contributed by atoms with Gasteiger partial charge < -0.3 is 5.11 Å². The minimum Gasteiger partial charge on any atom is -0.508 e. The van der Waals surface area contributed by atoms with Gasteiger partial charge in [-0.2, -0.15) is 0 Å². The van der Waals surface area contributed by atoms with Crippen molar-refractivity contribution in [2.24, 2.45) is 17.8 Å². The van der Waals surface area contributed by atoms with Crippen molar-refractivity contribution in [1.29, 1.82) is 0 Å². The first-order chi connectivity index (χ1) is 14.6. The maximum Gasteiger partial charge on any atom is 0.254 e. The molecule has 2 N–H and O–H groups in total. The molecule has 162 valence electrons.